The normalized spacial score (nSPS) is 13.4. The minimum absolute atomic E-state index is 0.520. The van der Waals surface area contributed by atoms with Crippen LogP contribution in [-0.2, 0) is 6.54 Å². The van der Waals surface area contributed by atoms with Crippen LogP contribution in [0.4, 0.5) is 17.1 Å². The van der Waals surface area contributed by atoms with Crippen molar-refractivity contribution >= 4 is 22.8 Å². The van der Waals surface area contributed by atoms with Gasteiger partial charge in [0.15, 0.2) is 0 Å². The Morgan fingerprint density at radius 3 is 2.10 bits per heavy atom. The Labute approximate surface area is 239 Å². The van der Waals surface area contributed by atoms with Crippen LogP contribution in [0, 0.1) is 5.92 Å². The highest BCUT2D eigenvalue weighted by Gasteiger charge is 2.22. The zero-order valence-electron chi connectivity index (χ0n) is 23.8. The van der Waals surface area contributed by atoms with Crippen molar-refractivity contribution in [3.05, 3.63) is 127 Å². The molecule has 204 valence electrons. The highest BCUT2D eigenvalue weighted by molar-refractivity contribution is 5.77. The smallest absolute Gasteiger partial charge is 0.0478 e. The van der Waals surface area contributed by atoms with Crippen LogP contribution in [-0.4, -0.2) is 19.1 Å². The molecule has 0 aliphatic heterocycles. The molecule has 1 N–H and O–H groups in total. The maximum Gasteiger partial charge on any atom is 0.0478 e. The summed E-state index contributed by atoms with van der Waals surface area (Å²) in [4.78, 5) is 8.66. The predicted octanol–water partition coefficient (Wildman–Crippen LogP) is 9.00. The Bertz CT molecular complexity index is 1420. The van der Waals surface area contributed by atoms with Crippen molar-refractivity contribution in [1.29, 1.82) is 0 Å². The molecule has 1 aliphatic carbocycles. The summed E-state index contributed by atoms with van der Waals surface area (Å²) in [5, 5.41) is 3.49. The number of aromatic nitrogens is 1. The van der Waals surface area contributed by atoms with E-state index in [0.717, 1.165) is 29.2 Å². The van der Waals surface area contributed by atoms with Crippen molar-refractivity contribution in [2.75, 3.05) is 29.2 Å². The van der Waals surface area contributed by atoms with E-state index in [1.807, 2.05) is 12.1 Å². The first-order chi connectivity index (χ1) is 19.5. The molecule has 5 rings (SSSR count). The van der Waals surface area contributed by atoms with Gasteiger partial charge in [0.05, 0.1) is 0 Å². The standard InChI is InChI=1S/C36H40N4/c1-27(30-21-23-37-24-22-30)38-34-11-8-12-36(25-34)40(28(2)31-9-6-5-7-10-31)26-29-13-15-32(16-14-29)33-17-19-35(20-18-33)39(3)4/h8,11-25,31,38H,1-2,5-7,9-10,26H2,3-4H3. The molecule has 4 nitrogen and oxygen atoms in total. The van der Waals surface area contributed by atoms with Crippen molar-refractivity contribution in [3.8, 4) is 11.1 Å². The first-order valence-electron chi connectivity index (χ1n) is 14.3. The van der Waals surface area contributed by atoms with Crippen LogP contribution in [0.1, 0.15) is 43.2 Å². The van der Waals surface area contributed by atoms with Crippen molar-refractivity contribution in [1.82, 2.24) is 4.98 Å². The molecule has 0 radical (unpaired) electrons. The molecule has 0 bridgehead atoms. The van der Waals surface area contributed by atoms with E-state index in [1.54, 1.807) is 12.4 Å². The third-order valence-corrected chi connectivity index (χ3v) is 7.92. The maximum absolute atomic E-state index is 4.65. The van der Waals surface area contributed by atoms with Gasteiger partial charge in [-0.25, -0.2) is 0 Å². The van der Waals surface area contributed by atoms with Gasteiger partial charge in [-0.05, 0) is 77.9 Å². The zero-order valence-corrected chi connectivity index (χ0v) is 23.8. The van der Waals surface area contributed by atoms with Gasteiger partial charge in [0, 0.05) is 67.1 Å². The Kier molecular flexibility index (Phi) is 8.65. The highest BCUT2D eigenvalue weighted by atomic mass is 15.1. The largest absolute Gasteiger partial charge is 0.378 e. The predicted molar refractivity (Wildman–Crippen MR) is 171 cm³/mol. The number of hydrogen-bond acceptors (Lipinski definition) is 4. The fourth-order valence-corrected chi connectivity index (χ4v) is 5.50. The van der Waals surface area contributed by atoms with Crippen molar-refractivity contribution < 1.29 is 0 Å². The summed E-state index contributed by atoms with van der Waals surface area (Å²) in [5.74, 6) is 0.520. The molecule has 4 heteroatoms. The maximum atomic E-state index is 4.65. The van der Waals surface area contributed by atoms with Crippen LogP contribution in [0.3, 0.4) is 0 Å². The Balaban J connectivity index is 1.38. The Morgan fingerprint density at radius 1 is 0.800 bits per heavy atom. The van der Waals surface area contributed by atoms with Crippen LogP contribution in [0.25, 0.3) is 16.8 Å². The van der Waals surface area contributed by atoms with Crippen LogP contribution >= 0.6 is 0 Å². The molecule has 3 aromatic carbocycles. The summed E-state index contributed by atoms with van der Waals surface area (Å²) in [6, 6.07) is 30.2. The number of benzene rings is 3. The number of pyridine rings is 1. The quantitative estimate of drug-likeness (QED) is 0.222. The molecule has 4 aromatic rings. The lowest BCUT2D eigenvalue weighted by atomic mass is 9.86. The van der Waals surface area contributed by atoms with Gasteiger partial charge in [-0.3, -0.25) is 4.98 Å². The van der Waals surface area contributed by atoms with Crippen LogP contribution in [0.5, 0.6) is 0 Å². The molecule has 1 heterocycles. The second-order valence-corrected chi connectivity index (χ2v) is 10.9. The number of hydrogen-bond donors (Lipinski definition) is 1. The molecule has 1 aliphatic rings. The molecule has 0 atom stereocenters. The van der Waals surface area contributed by atoms with E-state index in [2.05, 4.69) is 120 Å². The second-order valence-electron chi connectivity index (χ2n) is 10.9. The summed E-state index contributed by atoms with van der Waals surface area (Å²) in [6.07, 6.45) is 9.91. The van der Waals surface area contributed by atoms with Crippen LogP contribution in [0.2, 0.25) is 0 Å². The van der Waals surface area contributed by atoms with Crippen LogP contribution in [0.15, 0.2) is 116 Å². The summed E-state index contributed by atoms with van der Waals surface area (Å²) in [7, 11) is 4.14. The fourth-order valence-electron chi connectivity index (χ4n) is 5.50. The van der Waals surface area contributed by atoms with E-state index in [0.29, 0.717) is 5.92 Å². The molecule has 1 saturated carbocycles. The number of anilines is 3. The lowest BCUT2D eigenvalue weighted by Crippen LogP contribution is -2.27. The number of rotatable bonds is 10. The molecule has 0 spiro atoms. The molecular formula is C36H40N4. The van der Waals surface area contributed by atoms with E-state index >= 15 is 0 Å². The minimum Gasteiger partial charge on any atom is -0.378 e. The Hall–Kier alpha value is -4.31. The van der Waals surface area contributed by atoms with E-state index in [9.17, 15) is 0 Å². The zero-order chi connectivity index (χ0) is 27.9. The topological polar surface area (TPSA) is 31.4 Å². The van der Waals surface area contributed by atoms with Gasteiger partial charge in [0.1, 0.15) is 0 Å². The molecule has 0 saturated heterocycles. The molecule has 0 amide bonds. The van der Waals surface area contributed by atoms with Crippen molar-refractivity contribution in [2.45, 2.75) is 38.6 Å². The number of nitrogens with zero attached hydrogens (tertiary/aromatic N) is 3. The molecular weight excluding hydrogens is 488 g/mol. The minimum atomic E-state index is 0.520. The average Bonchev–Trinajstić information content (AvgIpc) is 3.01. The van der Waals surface area contributed by atoms with Crippen molar-refractivity contribution in [3.63, 3.8) is 0 Å². The third-order valence-electron chi connectivity index (χ3n) is 7.92. The number of allylic oxidation sites excluding steroid dienone is 1. The monoisotopic (exact) mass is 528 g/mol. The van der Waals surface area contributed by atoms with E-state index in [4.69, 9.17) is 0 Å². The molecule has 0 unspecified atom stereocenters. The molecule has 1 fully saturated rings. The Morgan fingerprint density at radius 2 is 1.45 bits per heavy atom. The summed E-state index contributed by atoms with van der Waals surface area (Å²) >= 11 is 0. The first-order valence-corrected chi connectivity index (χ1v) is 14.3. The fraction of sp³-hybridized carbons (Fsp3) is 0.250. The van der Waals surface area contributed by atoms with Gasteiger partial charge in [-0.15, -0.1) is 0 Å². The summed E-state index contributed by atoms with van der Waals surface area (Å²) in [5.41, 5.74) is 10.2. The summed E-state index contributed by atoms with van der Waals surface area (Å²) < 4.78 is 0. The van der Waals surface area contributed by atoms with Gasteiger partial charge >= 0.3 is 0 Å². The van der Waals surface area contributed by atoms with E-state index in [1.165, 1.54) is 60.2 Å². The first kappa shape index (κ1) is 27.3. The van der Waals surface area contributed by atoms with E-state index < -0.39 is 0 Å². The third kappa shape index (κ3) is 6.63. The lowest BCUT2D eigenvalue weighted by molar-refractivity contribution is 0.396. The number of nitrogens with one attached hydrogen (secondary N) is 1. The van der Waals surface area contributed by atoms with Crippen LogP contribution < -0.4 is 15.1 Å². The molecule has 40 heavy (non-hydrogen) atoms. The lowest BCUT2D eigenvalue weighted by Gasteiger charge is -2.34. The van der Waals surface area contributed by atoms with Crippen molar-refractivity contribution in [2.24, 2.45) is 5.92 Å². The van der Waals surface area contributed by atoms with E-state index in [-0.39, 0.29) is 0 Å². The van der Waals surface area contributed by atoms with Gasteiger partial charge in [0.2, 0.25) is 0 Å². The molecule has 1 aromatic heterocycles. The van der Waals surface area contributed by atoms with Gasteiger partial charge < -0.3 is 15.1 Å². The highest BCUT2D eigenvalue weighted by Crippen LogP contribution is 2.35. The van der Waals surface area contributed by atoms with Gasteiger partial charge in [-0.2, -0.15) is 0 Å². The SMILES string of the molecule is C=C(Nc1cccc(N(Cc2ccc(-c3ccc(N(C)C)cc3)cc2)C(=C)C2CCCCC2)c1)c1ccncc1. The average molecular weight is 529 g/mol. The second kappa shape index (κ2) is 12.7. The summed E-state index contributed by atoms with van der Waals surface area (Å²) in [6.45, 7) is 9.68. The van der Waals surface area contributed by atoms with Gasteiger partial charge in [0.25, 0.3) is 0 Å². The van der Waals surface area contributed by atoms with Gasteiger partial charge in [-0.1, -0.05) is 74.9 Å².